The highest BCUT2D eigenvalue weighted by Crippen LogP contribution is 2.30. The first-order valence-electron chi connectivity index (χ1n) is 8.95. The fourth-order valence-electron chi connectivity index (χ4n) is 3.82. The summed E-state index contributed by atoms with van der Waals surface area (Å²) in [5.74, 6) is 0.403. The largest absolute Gasteiger partial charge is 0.346 e. The number of piperidine rings is 3. The van der Waals surface area contributed by atoms with Crippen LogP contribution in [-0.2, 0) is 4.79 Å². The summed E-state index contributed by atoms with van der Waals surface area (Å²) >= 11 is 1.38. The molecule has 1 aromatic carbocycles. The Morgan fingerprint density at radius 1 is 1.27 bits per heavy atom. The lowest BCUT2D eigenvalue weighted by Gasteiger charge is -2.44. The molecule has 7 heteroatoms. The minimum atomic E-state index is -0.107. The van der Waals surface area contributed by atoms with Crippen molar-refractivity contribution in [2.45, 2.75) is 25.8 Å². The normalized spacial score (nSPS) is 24.3. The summed E-state index contributed by atoms with van der Waals surface area (Å²) in [6.07, 6.45) is 4.07. The van der Waals surface area contributed by atoms with Gasteiger partial charge in [0, 0.05) is 31.4 Å². The molecule has 1 atom stereocenters. The maximum atomic E-state index is 12.6. The predicted molar refractivity (Wildman–Crippen MR) is 102 cm³/mol. The SMILES string of the molecule is CC(=O)Nc1cccc(-c2cnc(C(=O)N[C@H]3CN4CCC3CC4)s2)c1. The van der Waals surface area contributed by atoms with Crippen LogP contribution in [0.3, 0.4) is 0 Å². The predicted octanol–water partition coefficient (Wildman–Crippen LogP) is 2.59. The Morgan fingerprint density at radius 2 is 2.08 bits per heavy atom. The van der Waals surface area contributed by atoms with Crippen LogP contribution in [-0.4, -0.2) is 47.4 Å². The number of nitrogens with zero attached hydrogens (tertiary/aromatic N) is 2. The molecule has 0 spiro atoms. The zero-order chi connectivity index (χ0) is 18.1. The highest BCUT2D eigenvalue weighted by Gasteiger charge is 2.35. The van der Waals surface area contributed by atoms with E-state index < -0.39 is 0 Å². The van der Waals surface area contributed by atoms with Crippen molar-refractivity contribution in [1.82, 2.24) is 15.2 Å². The molecular weight excluding hydrogens is 348 g/mol. The Hall–Kier alpha value is -2.25. The molecule has 0 radical (unpaired) electrons. The van der Waals surface area contributed by atoms with Crippen LogP contribution in [0.25, 0.3) is 10.4 Å². The number of anilines is 1. The summed E-state index contributed by atoms with van der Waals surface area (Å²) in [5, 5.41) is 6.44. The minimum Gasteiger partial charge on any atom is -0.346 e. The number of amides is 2. The molecule has 4 heterocycles. The topological polar surface area (TPSA) is 74.3 Å². The van der Waals surface area contributed by atoms with Crippen LogP contribution in [0.4, 0.5) is 5.69 Å². The van der Waals surface area contributed by atoms with E-state index in [1.165, 1.54) is 31.1 Å². The number of carbonyl (C=O) groups excluding carboxylic acids is 2. The third-order valence-corrected chi connectivity index (χ3v) is 6.19. The van der Waals surface area contributed by atoms with Gasteiger partial charge in [0.25, 0.3) is 5.91 Å². The Morgan fingerprint density at radius 3 is 2.77 bits per heavy atom. The second-order valence-electron chi connectivity index (χ2n) is 7.01. The van der Waals surface area contributed by atoms with Crippen molar-refractivity contribution >= 4 is 28.8 Å². The van der Waals surface area contributed by atoms with E-state index in [-0.39, 0.29) is 17.9 Å². The van der Waals surface area contributed by atoms with Gasteiger partial charge in [-0.15, -0.1) is 11.3 Å². The number of hydrogen-bond donors (Lipinski definition) is 2. The van der Waals surface area contributed by atoms with Crippen molar-refractivity contribution in [3.8, 4) is 10.4 Å². The van der Waals surface area contributed by atoms with E-state index in [1.807, 2.05) is 24.3 Å². The first-order valence-corrected chi connectivity index (χ1v) is 9.77. The van der Waals surface area contributed by atoms with Gasteiger partial charge in [-0.05, 0) is 49.5 Å². The molecule has 6 nitrogen and oxygen atoms in total. The second kappa shape index (κ2) is 7.17. The van der Waals surface area contributed by atoms with Crippen molar-refractivity contribution in [3.63, 3.8) is 0 Å². The molecule has 3 saturated heterocycles. The van der Waals surface area contributed by atoms with Crippen molar-refractivity contribution in [2.24, 2.45) is 5.92 Å². The zero-order valence-electron chi connectivity index (χ0n) is 14.7. The molecule has 0 aliphatic carbocycles. The number of thiazole rings is 1. The van der Waals surface area contributed by atoms with Gasteiger partial charge in [-0.3, -0.25) is 9.59 Å². The van der Waals surface area contributed by atoms with E-state index >= 15 is 0 Å². The fraction of sp³-hybridized carbons (Fsp3) is 0.421. The second-order valence-corrected chi connectivity index (χ2v) is 8.04. The van der Waals surface area contributed by atoms with Crippen LogP contribution < -0.4 is 10.6 Å². The fourth-order valence-corrected chi connectivity index (χ4v) is 4.64. The van der Waals surface area contributed by atoms with Gasteiger partial charge in [0.1, 0.15) is 0 Å². The molecule has 1 aromatic heterocycles. The molecule has 2 bridgehead atoms. The zero-order valence-corrected chi connectivity index (χ0v) is 15.5. The third kappa shape index (κ3) is 3.64. The van der Waals surface area contributed by atoms with Gasteiger partial charge in [-0.25, -0.2) is 4.98 Å². The maximum Gasteiger partial charge on any atom is 0.280 e. The lowest BCUT2D eigenvalue weighted by molar-refractivity contribution is -0.114. The number of carbonyl (C=O) groups is 2. The standard InChI is InChI=1S/C19H22N4O2S/c1-12(24)21-15-4-2-3-14(9-15)17-10-20-19(26-17)18(25)22-16-11-23-7-5-13(16)6-8-23/h2-4,9-10,13,16H,5-8,11H2,1H3,(H,21,24)(H,22,25)/t16-/m0/s1. The van der Waals surface area contributed by atoms with Crippen LogP contribution in [0.5, 0.6) is 0 Å². The maximum absolute atomic E-state index is 12.6. The van der Waals surface area contributed by atoms with Gasteiger partial charge in [0.05, 0.1) is 4.88 Å². The molecule has 3 aliphatic heterocycles. The third-order valence-electron chi connectivity index (χ3n) is 5.14. The number of rotatable bonds is 4. The van der Waals surface area contributed by atoms with Crippen molar-refractivity contribution < 1.29 is 9.59 Å². The van der Waals surface area contributed by atoms with E-state index in [0.717, 1.165) is 35.8 Å². The van der Waals surface area contributed by atoms with Crippen molar-refractivity contribution in [1.29, 1.82) is 0 Å². The smallest absolute Gasteiger partial charge is 0.280 e. The monoisotopic (exact) mass is 370 g/mol. The van der Waals surface area contributed by atoms with Crippen LogP contribution in [0.1, 0.15) is 29.6 Å². The summed E-state index contributed by atoms with van der Waals surface area (Å²) < 4.78 is 0. The molecule has 0 unspecified atom stereocenters. The lowest BCUT2D eigenvalue weighted by Crippen LogP contribution is -2.57. The molecule has 5 rings (SSSR count). The molecule has 2 N–H and O–H groups in total. The van der Waals surface area contributed by atoms with Gasteiger partial charge in [0.15, 0.2) is 5.01 Å². The summed E-state index contributed by atoms with van der Waals surface area (Å²) in [4.78, 5) is 31.5. The number of aromatic nitrogens is 1. The first kappa shape index (κ1) is 17.2. The molecule has 0 saturated carbocycles. The van der Waals surface area contributed by atoms with Crippen molar-refractivity contribution in [2.75, 3.05) is 25.0 Å². The summed E-state index contributed by atoms with van der Waals surface area (Å²) in [7, 11) is 0. The molecule has 3 fully saturated rings. The summed E-state index contributed by atoms with van der Waals surface area (Å²) in [6, 6.07) is 7.80. The Labute approximate surface area is 156 Å². The Bertz CT molecular complexity index is 826. The van der Waals surface area contributed by atoms with Gasteiger partial charge in [-0.1, -0.05) is 12.1 Å². The average molecular weight is 370 g/mol. The molecule has 26 heavy (non-hydrogen) atoms. The van der Waals surface area contributed by atoms with Crippen LogP contribution >= 0.6 is 11.3 Å². The van der Waals surface area contributed by atoms with Gasteiger partial charge in [0.2, 0.25) is 5.91 Å². The van der Waals surface area contributed by atoms with Gasteiger partial charge >= 0.3 is 0 Å². The van der Waals surface area contributed by atoms with E-state index in [1.54, 1.807) is 6.20 Å². The van der Waals surface area contributed by atoms with E-state index in [2.05, 4.69) is 20.5 Å². The van der Waals surface area contributed by atoms with E-state index in [0.29, 0.717) is 10.9 Å². The van der Waals surface area contributed by atoms with Crippen LogP contribution in [0.2, 0.25) is 0 Å². The first-order chi connectivity index (χ1) is 12.6. The minimum absolute atomic E-state index is 0.0852. The van der Waals surface area contributed by atoms with E-state index in [4.69, 9.17) is 0 Å². The van der Waals surface area contributed by atoms with Crippen LogP contribution in [0.15, 0.2) is 30.5 Å². The molecule has 2 aromatic rings. The molecule has 3 aliphatic rings. The average Bonchev–Trinajstić information content (AvgIpc) is 3.13. The van der Waals surface area contributed by atoms with Gasteiger partial charge in [-0.2, -0.15) is 0 Å². The highest BCUT2D eigenvalue weighted by molar-refractivity contribution is 7.17. The highest BCUT2D eigenvalue weighted by atomic mass is 32.1. The molecule has 136 valence electrons. The Kier molecular flexibility index (Phi) is 4.74. The molecular formula is C19H22N4O2S. The number of hydrogen-bond acceptors (Lipinski definition) is 5. The number of nitrogens with one attached hydrogen (secondary N) is 2. The molecule has 2 amide bonds. The number of fused-ring (bicyclic) bond motifs is 3. The van der Waals surface area contributed by atoms with Crippen molar-refractivity contribution in [3.05, 3.63) is 35.5 Å². The quantitative estimate of drug-likeness (QED) is 0.868. The van der Waals surface area contributed by atoms with E-state index in [9.17, 15) is 9.59 Å². The number of benzene rings is 1. The lowest BCUT2D eigenvalue weighted by atomic mass is 9.84. The van der Waals surface area contributed by atoms with Gasteiger partial charge < -0.3 is 15.5 Å². The summed E-state index contributed by atoms with van der Waals surface area (Å²) in [6.45, 7) is 4.75. The summed E-state index contributed by atoms with van der Waals surface area (Å²) in [5.41, 5.74) is 1.68. The van der Waals surface area contributed by atoms with Crippen LogP contribution in [0, 0.1) is 5.92 Å². The Balaban J connectivity index is 1.46.